The first-order valence-electron chi connectivity index (χ1n) is 5.84. The molecule has 0 aliphatic rings. The quantitative estimate of drug-likeness (QED) is 0.213. The topological polar surface area (TPSA) is 38.7 Å². The van der Waals surface area contributed by atoms with Crippen molar-refractivity contribution >= 4 is 52.5 Å². The van der Waals surface area contributed by atoms with E-state index in [4.69, 9.17) is 9.31 Å². The van der Waals surface area contributed by atoms with E-state index in [1.807, 2.05) is 0 Å². The van der Waals surface area contributed by atoms with Crippen LogP contribution in [0.5, 0.6) is 0 Å². The molecule has 0 aromatic heterocycles. The van der Waals surface area contributed by atoms with Crippen LogP contribution in [0.25, 0.3) is 0 Å². The Morgan fingerprint density at radius 3 is 1.56 bits per heavy atom. The summed E-state index contributed by atoms with van der Waals surface area (Å²) in [6.45, 7) is 1.18. The smallest absolute Gasteiger partial charge is 0.402 e. The van der Waals surface area contributed by atoms with E-state index in [0.717, 1.165) is 25.7 Å². The maximum absolute atomic E-state index is 9.31. The van der Waals surface area contributed by atoms with Crippen molar-refractivity contribution in [3.8, 4) is 0 Å². The molecule has 0 aliphatic carbocycles. The lowest BCUT2D eigenvalue weighted by Gasteiger charge is -2.08. The van der Waals surface area contributed by atoms with Gasteiger partial charge in [0.15, 0.2) is 0 Å². The number of unbranched alkanes of at least 4 members (excludes halogenated alkanes) is 4. The van der Waals surface area contributed by atoms with Crippen LogP contribution in [0.1, 0.15) is 38.5 Å². The highest BCUT2D eigenvalue weighted by Crippen LogP contribution is 2.01. The predicted octanol–water partition coefficient (Wildman–Crippen LogP) is 3.21. The van der Waals surface area contributed by atoms with Crippen LogP contribution in [0.4, 0.5) is 0 Å². The number of halogens is 2. The second-order valence-electron chi connectivity index (χ2n) is 3.55. The Labute approximate surface area is 126 Å². The molecule has 0 rings (SSSR count). The van der Waals surface area contributed by atoms with Crippen LogP contribution >= 0.6 is 45.2 Å². The Bertz CT molecular complexity index is 127. The second-order valence-corrected chi connectivity index (χ2v) is 5.71. The molecule has 3 nitrogen and oxygen atoms in total. The molecular formula is C10H21BI2O3. The first-order valence-corrected chi connectivity index (χ1v) is 8.89. The van der Waals surface area contributed by atoms with E-state index in [2.05, 4.69) is 45.2 Å². The van der Waals surface area contributed by atoms with Crippen LogP contribution in [-0.4, -0.2) is 34.4 Å². The monoisotopic (exact) mass is 454 g/mol. The highest BCUT2D eigenvalue weighted by molar-refractivity contribution is 14.1. The first-order chi connectivity index (χ1) is 7.81. The molecule has 16 heavy (non-hydrogen) atoms. The molecule has 1 N–H and O–H groups in total. The van der Waals surface area contributed by atoms with Gasteiger partial charge in [-0.1, -0.05) is 58.0 Å². The Balaban J connectivity index is 3.09. The van der Waals surface area contributed by atoms with Crippen molar-refractivity contribution in [2.75, 3.05) is 22.1 Å². The van der Waals surface area contributed by atoms with Gasteiger partial charge in [0.05, 0.1) is 0 Å². The highest BCUT2D eigenvalue weighted by atomic mass is 127. The molecule has 0 spiro atoms. The van der Waals surface area contributed by atoms with Crippen molar-refractivity contribution in [3.63, 3.8) is 0 Å². The van der Waals surface area contributed by atoms with Gasteiger partial charge in [-0.3, -0.25) is 0 Å². The fourth-order valence-electron chi connectivity index (χ4n) is 1.16. The lowest BCUT2D eigenvalue weighted by Crippen LogP contribution is -2.23. The van der Waals surface area contributed by atoms with Gasteiger partial charge < -0.3 is 14.3 Å². The molecule has 96 valence electrons. The van der Waals surface area contributed by atoms with Crippen LogP contribution in [0, 0.1) is 0 Å². The lowest BCUT2D eigenvalue weighted by molar-refractivity contribution is 0.129. The van der Waals surface area contributed by atoms with Gasteiger partial charge in [0.25, 0.3) is 0 Å². The zero-order chi connectivity index (χ0) is 12.1. The molecule has 0 aromatic carbocycles. The van der Waals surface area contributed by atoms with Gasteiger partial charge in [0.2, 0.25) is 0 Å². The maximum Gasteiger partial charge on any atom is 0.636 e. The van der Waals surface area contributed by atoms with Crippen LogP contribution in [-0.2, 0) is 9.31 Å². The number of alkyl halides is 2. The first kappa shape index (κ1) is 17.4. The van der Waals surface area contributed by atoms with Gasteiger partial charge in [0.1, 0.15) is 0 Å². The van der Waals surface area contributed by atoms with E-state index in [0.29, 0.717) is 13.2 Å². The minimum atomic E-state index is -1.03. The fraction of sp³-hybridized carbons (Fsp3) is 1.00. The Kier molecular flexibility index (Phi) is 15.7. The Morgan fingerprint density at radius 2 is 1.19 bits per heavy atom. The van der Waals surface area contributed by atoms with Crippen molar-refractivity contribution in [1.29, 1.82) is 0 Å². The summed E-state index contributed by atoms with van der Waals surface area (Å²) in [4.78, 5) is 0. The minimum absolute atomic E-state index is 0.589. The van der Waals surface area contributed by atoms with Crippen molar-refractivity contribution < 1.29 is 14.3 Å². The van der Waals surface area contributed by atoms with E-state index >= 15 is 0 Å². The summed E-state index contributed by atoms with van der Waals surface area (Å²) in [5.74, 6) is 0. The van der Waals surface area contributed by atoms with E-state index in [1.54, 1.807) is 0 Å². The normalized spacial score (nSPS) is 10.7. The maximum atomic E-state index is 9.31. The molecule has 6 heteroatoms. The Hall–Kier alpha value is 1.40. The molecular weight excluding hydrogens is 433 g/mol. The molecule has 0 aliphatic heterocycles. The third-order valence-electron chi connectivity index (χ3n) is 2.08. The highest BCUT2D eigenvalue weighted by Gasteiger charge is 2.14. The largest absolute Gasteiger partial charge is 0.636 e. The molecule has 0 unspecified atom stereocenters. The van der Waals surface area contributed by atoms with Gasteiger partial charge >= 0.3 is 7.32 Å². The summed E-state index contributed by atoms with van der Waals surface area (Å²) < 4.78 is 12.6. The fourth-order valence-corrected chi connectivity index (χ4v) is 2.24. The van der Waals surface area contributed by atoms with Crippen LogP contribution in [0.2, 0.25) is 0 Å². The minimum Gasteiger partial charge on any atom is -0.402 e. The van der Waals surface area contributed by atoms with Gasteiger partial charge in [-0.25, -0.2) is 0 Å². The van der Waals surface area contributed by atoms with Crippen molar-refractivity contribution in [2.45, 2.75) is 38.5 Å². The summed E-state index contributed by atoms with van der Waals surface area (Å²) in [5, 5.41) is 9.31. The molecule has 0 radical (unpaired) electrons. The summed E-state index contributed by atoms with van der Waals surface area (Å²) in [6, 6.07) is 0. The van der Waals surface area contributed by atoms with Crippen LogP contribution in [0.3, 0.4) is 0 Å². The number of rotatable bonds is 12. The molecule has 0 amide bonds. The molecule has 0 fully saturated rings. The molecule has 0 atom stereocenters. The van der Waals surface area contributed by atoms with Gasteiger partial charge in [-0.05, 0) is 34.5 Å². The van der Waals surface area contributed by atoms with Crippen molar-refractivity contribution in [1.82, 2.24) is 0 Å². The summed E-state index contributed by atoms with van der Waals surface area (Å²) >= 11 is 4.73. The third kappa shape index (κ3) is 13.5. The number of hydrogen-bond acceptors (Lipinski definition) is 3. The van der Waals surface area contributed by atoms with Gasteiger partial charge in [-0.15, -0.1) is 0 Å². The third-order valence-corrected chi connectivity index (χ3v) is 3.60. The van der Waals surface area contributed by atoms with Crippen molar-refractivity contribution in [3.05, 3.63) is 0 Å². The SMILES string of the molecule is OB(OCCCCCI)OCCCCCI. The van der Waals surface area contributed by atoms with E-state index < -0.39 is 7.32 Å². The standard InChI is InChI=1S/C10H21BI2O3/c12-7-3-1-5-9-15-11(14)16-10-6-2-4-8-13/h14H,1-10H2. The summed E-state index contributed by atoms with van der Waals surface area (Å²) in [5.41, 5.74) is 0. The van der Waals surface area contributed by atoms with Crippen LogP contribution in [0.15, 0.2) is 0 Å². The summed E-state index contributed by atoms with van der Waals surface area (Å²) in [6.07, 6.45) is 6.75. The summed E-state index contributed by atoms with van der Waals surface area (Å²) in [7, 11) is -1.03. The second kappa shape index (κ2) is 14.5. The average Bonchev–Trinajstić information content (AvgIpc) is 2.28. The predicted molar refractivity (Wildman–Crippen MR) is 85.4 cm³/mol. The zero-order valence-electron chi connectivity index (χ0n) is 9.67. The van der Waals surface area contributed by atoms with E-state index in [9.17, 15) is 5.02 Å². The molecule has 0 bridgehead atoms. The van der Waals surface area contributed by atoms with Gasteiger partial charge in [0, 0.05) is 13.2 Å². The van der Waals surface area contributed by atoms with Gasteiger partial charge in [-0.2, -0.15) is 0 Å². The zero-order valence-corrected chi connectivity index (χ0v) is 14.0. The molecule has 0 aromatic rings. The molecule has 0 saturated heterocycles. The average molecular weight is 454 g/mol. The lowest BCUT2D eigenvalue weighted by atomic mass is 10.2. The molecule has 0 heterocycles. The van der Waals surface area contributed by atoms with Crippen LogP contribution < -0.4 is 0 Å². The van der Waals surface area contributed by atoms with E-state index in [-0.39, 0.29) is 0 Å². The Morgan fingerprint density at radius 1 is 0.750 bits per heavy atom. The van der Waals surface area contributed by atoms with Crippen molar-refractivity contribution in [2.24, 2.45) is 0 Å². The number of hydrogen-bond donors (Lipinski definition) is 1. The van der Waals surface area contributed by atoms with E-state index in [1.165, 1.54) is 21.7 Å². The molecule has 0 saturated carbocycles.